The van der Waals surface area contributed by atoms with Crippen molar-refractivity contribution < 1.29 is 36.3 Å². The molecule has 2 heterocycles. The third-order valence-corrected chi connectivity index (χ3v) is 7.14. The first-order chi connectivity index (χ1) is 18.8. The number of morpholine rings is 1. The lowest BCUT2D eigenvalue weighted by atomic mass is 9.97. The van der Waals surface area contributed by atoms with Gasteiger partial charge in [-0.15, -0.1) is 0 Å². The van der Waals surface area contributed by atoms with Crippen molar-refractivity contribution in [2.75, 3.05) is 24.7 Å². The number of furan rings is 1. The van der Waals surface area contributed by atoms with Crippen molar-refractivity contribution in [2.45, 2.75) is 62.6 Å². The van der Waals surface area contributed by atoms with Crippen molar-refractivity contribution in [3.05, 3.63) is 42.0 Å². The molecule has 12 heteroatoms. The quantitative estimate of drug-likeness (QED) is 0.383. The second kappa shape index (κ2) is 10.1. The fraction of sp³-hybridized carbons (Fsp3) is 0.464. The van der Waals surface area contributed by atoms with Crippen LogP contribution in [0.4, 0.5) is 23.2 Å². The maximum absolute atomic E-state index is 14.6. The van der Waals surface area contributed by atoms with Gasteiger partial charge >= 0.3 is 6.18 Å². The maximum atomic E-state index is 14.6. The molecule has 1 aliphatic carbocycles. The Balaban J connectivity index is 1.47. The first-order valence-corrected chi connectivity index (χ1v) is 12.9. The van der Waals surface area contributed by atoms with Crippen LogP contribution >= 0.6 is 0 Å². The molecule has 8 nitrogen and oxygen atoms in total. The predicted octanol–water partition coefficient (Wildman–Crippen LogP) is 4.82. The molecule has 2 amide bonds. The zero-order chi connectivity index (χ0) is 28.9. The van der Waals surface area contributed by atoms with E-state index in [1.54, 1.807) is 23.1 Å². The molecule has 5 rings (SSSR count). The number of anilines is 1. The lowest BCUT2D eigenvalue weighted by Crippen LogP contribution is -2.53. The minimum absolute atomic E-state index is 0.0323. The highest BCUT2D eigenvalue weighted by Gasteiger charge is 2.48. The molecule has 2 aliphatic rings. The summed E-state index contributed by atoms with van der Waals surface area (Å²) in [7, 11) is 0. The van der Waals surface area contributed by atoms with Crippen LogP contribution in [0.1, 0.15) is 44.7 Å². The van der Waals surface area contributed by atoms with Gasteiger partial charge in [0.1, 0.15) is 35.0 Å². The van der Waals surface area contributed by atoms with Gasteiger partial charge in [-0.2, -0.15) is 18.4 Å². The zero-order valence-corrected chi connectivity index (χ0v) is 21.9. The molecule has 0 radical (unpaired) electrons. The molecule has 1 saturated carbocycles. The first-order valence-electron chi connectivity index (χ1n) is 12.9. The van der Waals surface area contributed by atoms with Gasteiger partial charge in [0.05, 0.1) is 18.7 Å². The minimum Gasteiger partial charge on any atom is -0.456 e. The van der Waals surface area contributed by atoms with Crippen molar-refractivity contribution in [3.63, 3.8) is 0 Å². The molecule has 2 N–H and O–H groups in total. The van der Waals surface area contributed by atoms with Crippen molar-refractivity contribution in [3.8, 4) is 6.07 Å². The summed E-state index contributed by atoms with van der Waals surface area (Å²) in [4.78, 5) is 26.8. The highest BCUT2D eigenvalue weighted by Crippen LogP contribution is 2.39. The average molecular weight is 561 g/mol. The van der Waals surface area contributed by atoms with E-state index < -0.39 is 41.8 Å². The molecule has 3 aromatic rings. The van der Waals surface area contributed by atoms with E-state index in [1.165, 1.54) is 32.0 Å². The summed E-state index contributed by atoms with van der Waals surface area (Å²) >= 11 is 0. The van der Waals surface area contributed by atoms with Crippen LogP contribution in [0.3, 0.4) is 0 Å². The number of nitrogens with one attached hydrogen (secondary N) is 2. The van der Waals surface area contributed by atoms with Crippen LogP contribution < -0.4 is 15.5 Å². The van der Waals surface area contributed by atoms with Crippen molar-refractivity contribution in [1.82, 2.24) is 10.6 Å². The largest absolute Gasteiger partial charge is 0.456 e. The Morgan fingerprint density at radius 1 is 1.12 bits per heavy atom. The van der Waals surface area contributed by atoms with Crippen LogP contribution in [-0.2, 0) is 14.3 Å². The standard InChI is InChI=1S/C28H28F4N4O4/c1-26(2,29)13-20(25(38)35-27(15-33)7-8-27)34-24(28(30,31)32)16-3-5-18-19-12-17(36-9-10-39-14-23(36)37)4-6-21(19)40-22(18)11-16/h3-6,11-12,20,24,34H,7-10,13-14H2,1-2H3,(H,35,38). The number of hydrogen-bond acceptors (Lipinski definition) is 6. The number of alkyl halides is 4. The van der Waals surface area contributed by atoms with E-state index in [9.17, 15) is 32.4 Å². The summed E-state index contributed by atoms with van der Waals surface area (Å²) in [6, 6.07) is 7.20. The van der Waals surface area contributed by atoms with Crippen LogP contribution in [0.25, 0.3) is 21.9 Å². The van der Waals surface area contributed by atoms with Gasteiger partial charge in [0.25, 0.3) is 5.91 Å². The number of carbonyl (C=O) groups is 2. The lowest BCUT2D eigenvalue weighted by molar-refractivity contribution is -0.161. The molecule has 0 bridgehead atoms. The summed E-state index contributed by atoms with van der Waals surface area (Å²) < 4.78 is 68.7. The maximum Gasteiger partial charge on any atom is 0.407 e. The summed E-state index contributed by atoms with van der Waals surface area (Å²) in [5, 5.41) is 15.3. The van der Waals surface area contributed by atoms with Gasteiger partial charge in [-0.25, -0.2) is 4.39 Å². The number of rotatable bonds is 8. The molecule has 212 valence electrons. The Morgan fingerprint density at radius 2 is 1.88 bits per heavy atom. The van der Waals surface area contributed by atoms with Gasteiger partial charge in [-0.1, -0.05) is 12.1 Å². The number of nitriles is 1. The fourth-order valence-corrected chi connectivity index (χ4v) is 4.93. The van der Waals surface area contributed by atoms with E-state index in [2.05, 4.69) is 10.6 Å². The molecule has 2 fully saturated rings. The number of hydrogen-bond donors (Lipinski definition) is 2. The van der Waals surface area contributed by atoms with Crippen LogP contribution in [-0.4, -0.2) is 55.0 Å². The summed E-state index contributed by atoms with van der Waals surface area (Å²) in [6.45, 7) is 3.08. The molecule has 2 aromatic carbocycles. The smallest absolute Gasteiger partial charge is 0.407 e. The monoisotopic (exact) mass is 560 g/mol. The zero-order valence-electron chi connectivity index (χ0n) is 21.9. The number of nitrogens with zero attached hydrogens (tertiary/aromatic N) is 2. The predicted molar refractivity (Wildman–Crippen MR) is 138 cm³/mol. The summed E-state index contributed by atoms with van der Waals surface area (Å²) in [5.74, 6) is -1.06. The Bertz CT molecular complexity index is 1500. The number of carbonyl (C=O) groups excluding carboxylic acids is 2. The van der Waals surface area contributed by atoms with Gasteiger partial charge in [-0.3, -0.25) is 14.9 Å². The molecule has 0 spiro atoms. The highest BCUT2D eigenvalue weighted by molar-refractivity contribution is 6.07. The molecular weight excluding hydrogens is 532 g/mol. The van der Waals surface area contributed by atoms with Gasteiger partial charge in [-0.05, 0) is 56.5 Å². The first kappa shape index (κ1) is 27.9. The van der Waals surface area contributed by atoms with E-state index in [0.717, 1.165) is 0 Å². The van der Waals surface area contributed by atoms with Gasteiger partial charge < -0.3 is 19.4 Å². The molecule has 40 heavy (non-hydrogen) atoms. The number of halogens is 4. The Kier molecular flexibility index (Phi) is 7.00. The molecule has 2 atom stereocenters. The van der Waals surface area contributed by atoms with E-state index >= 15 is 0 Å². The topological polar surface area (TPSA) is 108 Å². The van der Waals surface area contributed by atoms with Gasteiger partial charge in [0, 0.05) is 29.4 Å². The Morgan fingerprint density at radius 3 is 2.50 bits per heavy atom. The molecule has 2 unspecified atom stereocenters. The van der Waals surface area contributed by atoms with Gasteiger partial charge in [0.2, 0.25) is 5.91 Å². The van der Waals surface area contributed by atoms with Crippen LogP contribution in [0.5, 0.6) is 0 Å². The third-order valence-electron chi connectivity index (χ3n) is 7.14. The Labute approximate surface area is 227 Å². The molecular formula is C28H28F4N4O4. The van der Waals surface area contributed by atoms with E-state index in [1.807, 2.05) is 6.07 Å². The minimum atomic E-state index is -4.84. The highest BCUT2D eigenvalue weighted by atomic mass is 19.4. The number of amides is 2. The van der Waals surface area contributed by atoms with Crippen LogP contribution in [0.2, 0.25) is 0 Å². The molecule has 1 saturated heterocycles. The third kappa shape index (κ3) is 5.76. The van der Waals surface area contributed by atoms with Crippen molar-refractivity contribution >= 4 is 39.4 Å². The summed E-state index contributed by atoms with van der Waals surface area (Å²) in [6.07, 6.45) is -4.61. The fourth-order valence-electron chi connectivity index (χ4n) is 4.93. The normalized spacial score (nSPS) is 18.9. The molecule has 1 aliphatic heterocycles. The lowest BCUT2D eigenvalue weighted by Gasteiger charge is -2.30. The van der Waals surface area contributed by atoms with E-state index in [-0.39, 0.29) is 23.7 Å². The van der Waals surface area contributed by atoms with Gasteiger partial charge in [0.15, 0.2) is 0 Å². The van der Waals surface area contributed by atoms with Crippen LogP contribution in [0, 0.1) is 11.3 Å². The Hall–Kier alpha value is -3.69. The number of ether oxygens (including phenoxy) is 1. The second-order valence-corrected chi connectivity index (χ2v) is 10.9. The second-order valence-electron chi connectivity index (χ2n) is 10.9. The van der Waals surface area contributed by atoms with E-state index in [4.69, 9.17) is 9.15 Å². The van der Waals surface area contributed by atoms with Crippen molar-refractivity contribution in [1.29, 1.82) is 5.26 Å². The number of benzene rings is 2. The SMILES string of the molecule is CC(C)(F)CC(NC(c1ccc2c(c1)oc1ccc(N3CCOCC3=O)cc12)C(F)(F)F)C(=O)NC1(C#N)CC1. The molecule has 1 aromatic heterocycles. The van der Waals surface area contributed by atoms with Crippen molar-refractivity contribution in [2.24, 2.45) is 0 Å². The van der Waals surface area contributed by atoms with Crippen LogP contribution in [0.15, 0.2) is 40.8 Å². The summed E-state index contributed by atoms with van der Waals surface area (Å²) in [5.41, 5.74) is -2.08. The number of fused-ring (bicyclic) bond motifs is 3. The van der Waals surface area contributed by atoms with E-state index in [0.29, 0.717) is 48.0 Å². The average Bonchev–Trinajstić information content (AvgIpc) is 3.56.